The number of hydrogen-bond donors (Lipinski definition) is 2. The first-order valence-electron chi connectivity index (χ1n) is 7.63. The maximum Gasteiger partial charge on any atom is 0.000770 e. The summed E-state index contributed by atoms with van der Waals surface area (Å²) in [5.41, 5.74) is 6.20. The maximum absolute atomic E-state index is 5.56. The molecular formula is C15H32N2. The monoisotopic (exact) mass is 240 g/mol. The molecular weight excluding hydrogens is 208 g/mol. The molecule has 0 bridgehead atoms. The van der Waals surface area contributed by atoms with Gasteiger partial charge in [-0.2, -0.15) is 0 Å². The number of nitrogens with one attached hydrogen (secondary N) is 1. The Hall–Kier alpha value is -0.0800. The second-order valence-corrected chi connectivity index (χ2v) is 6.06. The fourth-order valence-electron chi connectivity index (χ4n) is 3.14. The third-order valence-electron chi connectivity index (χ3n) is 4.62. The summed E-state index contributed by atoms with van der Waals surface area (Å²) in [5, 5.41) is 3.69. The van der Waals surface area contributed by atoms with Gasteiger partial charge in [-0.25, -0.2) is 0 Å². The van der Waals surface area contributed by atoms with E-state index in [-0.39, 0.29) is 0 Å². The largest absolute Gasteiger partial charge is 0.330 e. The van der Waals surface area contributed by atoms with Crippen molar-refractivity contribution in [1.29, 1.82) is 0 Å². The first-order chi connectivity index (χ1) is 8.22. The van der Waals surface area contributed by atoms with E-state index in [0.717, 1.165) is 12.5 Å². The van der Waals surface area contributed by atoms with E-state index in [0.29, 0.717) is 5.41 Å². The molecule has 0 spiro atoms. The zero-order valence-corrected chi connectivity index (χ0v) is 11.9. The van der Waals surface area contributed by atoms with Crippen LogP contribution in [0.5, 0.6) is 0 Å². The Morgan fingerprint density at radius 3 is 2.53 bits per heavy atom. The molecule has 1 aliphatic carbocycles. The smallest absolute Gasteiger partial charge is 0.000770 e. The zero-order valence-electron chi connectivity index (χ0n) is 11.9. The van der Waals surface area contributed by atoms with Crippen molar-refractivity contribution >= 4 is 0 Å². The molecule has 0 radical (unpaired) electrons. The van der Waals surface area contributed by atoms with E-state index in [9.17, 15) is 0 Å². The number of nitrogens with two attached hydrogens (primary N) is 1. The minimum absolute atomic E-state index is 0.642. The lowest BCUT2D eigenvalue weighted by Crippen LogP contribution is -2.32. The lowest BCUT2D eigenvalue weighted by atomic mass is 9.83. The van der Waals surface area contributed by atoms with Gasteiger partial charge in [0, 0.05) is 6.54 Å². The Bertz CT molecular complexity index is 185. The highest BCUT2D eigenvalue weighted by Gasteiger charge is 2.31. The molecule has 1 fully saturated rings. The predicted octanol–water partition coefficient (Wildman–Crippen LogP) is 3.31. The molecule has 0 aromatic carbocycles. The van der Waals surface area contributed by atoms with Crippen LogP contribution in [0.1, 0.15) is 65.2 Å². The standard InChI is InChI=1S/C15H32N2/c1-3-15(9-4-5-10-15)13-17-12-6-7-14(2)8-11-16/h14,17H,3-13,16H2,1-2H3. The lowest BCUT2D eigenvalue weighted by molar-refractivity contribution is 0.267. The van der Waals surface area contributed by atoms with Crippen molar-refractivity contribution in [3.8, 4) is 0 Å². The van der Waals surface area contributed by atoms with Gasteiger partial charge >= 0.3 is 0 Å². The van der Waals surface area contributed by atoms with Gasteiger partial charge in [-0.3, -0.25) is 0 Å². The average Bonchev–Trinajstić information content (AvgIpc) is 2.78. The molecule has 17 heavy (non-hydrogen) atoms. The van der Waals surface area contributed by atoms with Gasteiger partial charge in [0.1, 0.15) is 0 Å². The Kier molecular flexibility index (Phi) is 7.14. The molecule has 1 unspecified atom stereocenters. The van der Waals surface area contributed by atoms with Gasteiger partial charge in [0.25, 0.3) is 0 Å². The Balaban J connectivity index is 2.03. The normalized spacial score (nSPS) is 20.6. The molecule has 1 aliphatic rings. The summed E-state index contributed by atoms with van der Waals surface area (Å²) in [7, 11) is 0. The first kappa shape index (κ1) is 15.0. The highest BCUT2D eigenvalue weighted by Crippen LogP contribution is 2.40. The van der Waals surface area contributed by atoms with Crippen LogP contribution in [0.4, 0.5) is 0 Å². The molecule has 1 saturated carbocycles. The molecule has 0 aliphatic heterocycles. The average molecular weight is 240 g/mol. The van der Waals surface area contributed by atoms with Gasteiger partial charge in [-0.05, 0) is 62.9 Å². The summed E-state index contributed by atoms with van der Waals surface area (Å²) in [6.07, 6.45) is 10.9. The molecule has 1 rings (SSSR count). The van der Waals surface area contributed by atoms with Gasteiger partial charge < -0.3 is 11.1 Å². The minimum Gasteiger partial charge on any atom is -0.330 e. The third kappa shape index (κ3) is 5.39. The molecule has 0 aromatic heterocycles. The summed E-state index contributed by atoms with van der Waals surface area (Å²) < 4.78 is 0. The quantitative estimate of drug-likeness (QED) is 0.607. The highest BCUT2D eigenvalue weighted by atomic mass is 14.9. The van der Waals surface area contributed by atoms with Crippen LogP contribution < -0.4 is 11.1 Å². The second kappa shape index (κ2) is 8.10. The van der Waals surface area contributed by atoms with Crippen LogP contribution in [0.25, 0.3) is 0 Å². The number of hydrogen-bond acceptors (Lipinski definition) is 2. The van der Waals surface area contributed by atoms with Crippen molar-refractivity contribution in [3.05, 3.63) is 0 Å². The number of rotatable bonds is 9. The molecule has 102 valence electrons. The molecule has 0 aromatic rings. The minimum atomic E-state index is 0.642. The van der Waals surface area contributed by atoms with Crippen molar-refractivity contribution in [3.63, 3.8) is 0 Å². The van der Waals surface area contributed by atoms with Crippen LogP contribution in [0.3, 0.4) is 0 Å². The van der Waals surface area contributed by atoms with Gasteiger partial charge in [-0.1, -0.05) is 26.7 Å². The van der Waals surface area contributed by atoms with E-state index in [1.165, 1.54) is 64.5 Å². The summed E-state index contributed by atoms with van der Waals surface area (Å²) in [6.45, 7) is 7.95. The van der Waals surface area contributed by atoms with E-state index >= 15 is 0 Å². The van der Waals surface area contributed by atoms with Gasteiger partial charge in [0.2, 0.25) is 0 Å². The molecule has 1 atom stereocenters. The van der Waals surface area contributed by atoms with Gasteiger partial charge in [0.05, 0.1) is 0 Å². The second-order valence-electron chi connectivity index (χ2n) is 6.06. The van der Waals surface area contributed by atoms with Crippen molar-refractivity contribution in [2.75, 3.05) is 19.6 Å². The topological polar surface area (TPSA) is 38.0 Å². The van der Waals surface area contributed by atoms with Crippen molar-refractivity contribution in [1.82, 2.24) is 5.32 Å². The van der Waals surface area contributed by atoms with Crippen LogP contribution in [0.15, 0.2) is 0 Å². The molecule has 0 amide bonds. The van der Waals surface area contributed by atoms with Crippen molar-refractivity contribution < 1.29 is 0 Å². The Morgan fingerprint density at radius 1 is 1.24 bits per heavy atom. The highest BCUT2D eigenvalue weighted by molar-refractivity contribution is 4.85. The zero-order chi connectivity index (χ0) is 12.6. The van der Waals surface area contributed by atoms with Crippen LogP contribution in [-0.4, -0.2) is 19.6 Å². The maximum atomic E-state index is 5.56. The molecule has 2 nitrogen and oxygen atoms in total. The van der Waals surface area contributed by atoms with E-state index in [4.69, 9.17) is 5.73 Å². The fourth-order valence-corrected chi connectivity index (χ4v) is 3.14. The van der Waals surface area contributed by atoms with E-state index in [1.807, 2.05) is 0 Å². The van der Waals surface area contributed by atoms with E-state index in [2.05, 4.69) is 19.2 Å². The molecule has 0 heterocycles. The lowest BCUT2D eigenvalue weighted by Gasteiger charge is -2.27. The molecule has 2 heteroatoms. The summed E-state index contributed by atoms with van der Waals surface area (Å²) in [5.74, 6) is 0.799. The Morgan fingerprint density at radius 2 is 1.94 bits per heavy atom. The van der Waals surface area contributed by atoms with E-state index in [1.54, 1.807) is 0 Å². The summed E-state index contributed by atoms with van der Waals surface area (Å²) in [6, 6.07) is 0. The van der Waals surface area contributed by atoms with Crippen molar-refractivity contribution in [2.24, 2.45) is 17.1 Å². The summed E-state index contributed by atoms with van der Waals surface area (Å²) in [4.78, 5) is 0. The van der Waals surface area contributed by atoms with Gasteiger partial charge in [0.15, 0.2) is 0 Å². The van der Waals surface area contributed by atoms with Crippen LogP contribution >= 0.6 is 0 Å². The SMILES string of the molecule is CCC1(CNCCCC(C)CCN)CCCC1. The van der Waals surface area contributed by atoms with Crippen LogP contribution in [0.2, 0.25) is 0 Å². The van der Waals surface area contributed by atoms with Crippen LogP contribution in [-0.2, 0) is 0 Å². The van der Waals surface area contributed by atoms with Gasteiger partial charge in [-0.15, -0.1) is 0 Å². The molecule has 0 saturated heterocycles. The first-order valence-corrected chi connectivity index (χ1v) is 7.63. The van der Waals surface area contributed by atoms with E-state index < -0.39 is 0 Å². The van der Waals surface area contributed by atoms with Crippen LogP contribution in [0, 0.1) is 11.3 Å². The fraction of sp³-hybridized carbons (Fsp3) is 1.00. The molecule has 3 N–H and O–H groups in total. The summed E-state index contributed by atoms with van der Waals surface area (Å²) >= 11 is 0. The Labute approximate surface area is 108 Å². The predicted molar refractivity (Wildman–Crippen MR) is 76.1 cm³/mol. The third-order valence-corrected chi connectivity index (χ3v) is 4.62. The van der Waals surface area contributed by atoms with Crippen molar-refractivity contribution in [2.45, 2.75) is 65.2 Å².